The van der Waals surface area contributed by atoms with Crippen LogP contribution in [-0.2, 0) is 76.1 Å². The monoisotopic (exact) mass is 760 g/mol. The quantitative estimate of drug-likeness (QED) is 0.167. The number of carbonyl (C=O) groups excluding carboxylic acids is 7. The molecular weight excluding hydrogens is 724 g/mol. The predicted octanol–water partition coefficient (Wildman–Crippen LogP) is 1.29. The summed E-state index contributed by atoms with van der Waals surface area (Å²) in [7, 11) is 0. The van der Waals surface area contributed by atoms with Crippen LogP contribution in [0.15, 0.2) is 30.3 Å². The van der Waals surface area contributed by atoms with Gasteiger partial charge in [0, 0.05) is 41.5 Å². The Balaban J connectivity index is 2.15. The number of carbonyl (C=O) groups is 7. The van der Waals surface area contributed by atoms with Crippen molar-refractivity contribution in [2.45, 2.75) is 102 Å². The molecule has 49 heavy (non-hydrogen) atoms. The number of ether oxygens (including phenoxy) is 10. The lowest BCUT2D eigenvalue weighted by atomic mass is 9.96. The molecule has 17 nitrogen and oxygen atoms in total. The van der Waals surface area contributed by atoms with Gasteiger partial charge in [-0.15, -0.1) is 0 Å². The first kappa shape index (κ1) is 39.3. The minimum Gasteiger partial charge on any atom is -0.463 e. The van der Waals surface area contributed by atoms with Crippen LogP contribution in [-0.4, -0.2) is 115 Å². The summed E-state index contributed by atoms with van der Waals surface area (Å²) < 4.78 is 56.3. The van der Waals surface area contributed by atoms with E-state index >= 15 is 0 Å². The summed E-state index contributed by atoms with van der Waals surface area (Å²) >= 11 is 3.32. The van der Waals surface area contributed by atoms with Gasteiger partial charge in [0.2, 0.25) is 0 Å². The highest BCUT2D eigenvalue weighted by Crippen LogP contribution is 2.36. The van der Waals surface area contributed by atoms with Crippen molar-refractivity contribution in [2.75, 3.05) is 13.2 Å². The van der Waals surface area contributed by atoms with Gasteiger partial charge in [-0.25, -0.2) is 4.79 Å². The van der Waals surface area contributed by atoms with Crippen LogP contribution in [0.4, 0.5) is 0 Å². The van der Waals surface area contributed by atoms with E-state index < -0.39 is 115 Å². The molecule has 1 aromatic carbocycles. The van der Waals surface area contributed by atoms with Crippen LogP contribution in [0, 0.1) is 0 Å². The third kappa shape index (κ3) is 11.5. The van der Waals surface area contributed by atoms with Crippen LogP contribution in [0.3, 0.4) is 0 Å². The molecule has 18 heteroatoms. The zero-order valence-corrected chi connectivity index (χ0v) is 29.0. The van der Waals surface area contributed by atoms with Gasteiger partial charge in [0.05, 0.1) is 5.56 Å². The van der Waals surface area contributed by atoms with E-state index in [0.29, 0.717) is 0 Å². The Kier molecular flexibility index (Phi) is 14.5. The van der Waals surface area contributed by atoms with Gasteiger partial charge in [0.1, 0.15) is 31.5 Å². The Hall–Kier alpha value is -4.13. The second-order valence-electron chi connectivity index (χ2n) is 10.8. The highest BCUT2D eigenvalue weighted by molar-refractivity contribution is 9.09. The van der Waals surface area contributed by atoms with Gasteiger partial charge in [-0.3, -0.25) is 28.8 Å². The third-order valence-electron chi connectivity index (χ3n) is 6.82. The molecule has 0 aromatic heterocycles. The number of esters is 7. The zero-order valence-electron chi connectivity index (χ0n) is 27.4. The first-order valence-electron chi connectivity index (χ1n) is 14.9. The van der Waals surface area contributed by atoms with Crippen LogP contribution in [0.5, 0.6) is 0 Å². The Morgan fingerprint density at radius 1 is 0.551 bits per heavy atom. The fourth-order valence-corrected chi connectivity index (χ4v) is 5.72. The molecule has 0 spiro atoms. The van der Waals surface area contributed by atoms with E-state index in [1.807, 2.05) is 0 Å². The lowest BCUT2D eigenvalue weighted by Crippen LogP contribution is -2.66. The van der Waals surface area contributed by atoms with Crippen LogP contribution >= 0.6 is 15.9 Å². The molecule has 2 fully saturated rings. The summed E-state index contributed by atoms with van der Waals surface area (Å²) in [6, 6.07) is 7.85. The number of benzene rings is 1. The van der Waals surface area contributed by atoms with Crippen molar-refractivity contribution in [3.8, 4) is 0 Å². The van der Waals surface area contributed by atoms with Crippen molar-refractivity contribution in [1.29, 1.82) is 0 Å². The molecule has 2 aliphatic heterocycles. The van der Waals surface area contributed by atoms with Gasteiger partial charge in [-0.2, -0.15) is 0 Å². The summed E-state index contributed by atoms with van der Waals surface area (Å²) in [5.41, 5.74) is 0.138. The van der Waals surface area contributed by atoms with E-state index in [-0.39, 0.29) is 5.56 Å². The summed E-state index contributed by atoms with van der Waals surface area (Å²) in [6.45, 7) is 5.48. The van der Waals surface area contributed by atoms with E-state index in [2.05, 4.69) is 15.9 Å². The SMILES string of the molecule is CC(=O)OC[C@H]1O[C@H](O[C@@H]2[C@H](OC(=O)c3ccccc3)[C@@H](Br)O[C@H](COC(C)=O)[C@H]2OC(C)=O)[C@@H](OC(C)=O)[C@@H](OC(C)=O)[C@@H]1OC(C)=O. The van der Waals surface area contributed by atoms with Crippen molar-refractivity contribution >= 4 is 57.7 Å². The normalized spacial score (nSPS) is 29.4. The predicted molar refractivity (Wildman–Crippen MR) is 162 cm³/mol. The van der Waals surface area contributed by atoms with Gasteiger partial charge in [-0.1, -0.05) is 34.1 Å². The first-order chi connectivity index (χ1) is 23.1. The van der Waals surface area contributed by atoms with Crippen molar-refractivity contribution in [2.24, 2.45) is 0 Å². The maximum absolute atomic E-state index is 13.3. The summed E-state index contributed by atoms with van der Waals surface area (Å²) in [4.78, 5) is 85.9. The van der Waals surface area contributed by atoms with Crippen LogP contribution in [0.25, 0.3) is 0 Å². The van der Waals surface area contributed by atoms with Crippen molar-refractivity contribution in [1.82, 2.24) is 0 Å². The molecule has 0 unspecified atom stereocenters. The fraction of sp³-hybridized carbons (Fsp3) is 0.581. The number of halogens is 1. The van der Waals surface area contributed by atoms with Gasteiger partial charge >= 0.3 is 41.8 Å². The lowest BCUT2D eigenvalue weighted by molar-refractivity contribution is -0.339. The van der Waals surface area contributed by atoms with E-state index in [4.69, 9.17) is 47.4 Å². The fourth-order valence-electron chi connectivity index (χ4n) is 5.03. The van der Waals surface area contributed by atoms with Gasteiger partial charge in [0.25, 0.3) is 0 Å². The lowest BCUT2D eigenvalue weighted by Gasteiger charge is -2.48. The summed E-state index contributed by atoms with van der Waals surface area (Å²) in [5.74, 6) is -5.73. The molecule has 0 bridgehead atoms. The molecule has 0 N–H and O–H groups in total. The molecule has 0 amide bonds. The maximum atomic E-state index is 13.3. The van der Waals surface area contributed by atoms with Crippen molar-refractivity contribution in [3.63, 3.8) is 0 Å². The third-order valence-corrected chi connectivity index (χ3v) is 7.56. The minimum atomic E-state index is -1.77. The molecule has 270 valence electrons. The molecule has 2 saturated heterocycles. The van der Waals surface area contributed by atoms with Crippen molar-refractivity contribution in [3.05, 3.63) is 35.9 Å². The van der Waals surface area contributed by atoms with Crippen molar-refractivity contribution < 1.29 is 80.9 Å². The van der Waals surface area contributed by atoms with E-state index in [0.717, 1.165) is 41.5 Å². The number of rotatable bonds is 12. The molecule has 2 heterocycles. The standard InChI is InChI=1S/C31H37BrO17/c1-14(33)40-12-21-23(42-16(3)35)25(27(29(32)46-21)48-30(39)20-10-8-7-9-11-20)49-31-28(45-19(6)38)26(44-18(5)37)24(43-17(4)36)22(47-31)13-41-15(2)34/h7-11,21-29,31H,12-13H2,1-6H3/t21-,22-,23-,24-,25+,26+,27+,28+,29+,31-/m1/s1. The second-order valence-corrected chi connectivity index (χ2v) is 11.7. The average molecular weight is 762 g/mol. The molecule has 1 aromatic rings. The number of alkyl halides is 1. The second kappa shape index (κ2) is 18.0. The van der Waals surface area contributed by atoms with Gasteiger partial charge in [-0.05, 0) is 12.1 Å². The van der Waals surface area contributed by atoms with Gasteiger partial charge in [0.15, 0.2) is 41.8 Å². The molecule has 10 atom stereocenters. The Bertz CT molecular complexity index is 1370. The van der Waals surface area contributed by atoms with Crippen LogP contribution < -0.4 is 0 Å². The molecule has 0 radical (unpaired) electrons. The summed E-state index contributed by atoms with van der Waals surface area (Å²) in [5, 5.41) is -1.19. The van der Waals surface area contributed by atoms with Crippen LogP contribution in [0.1, 0.15) is 51.9 Å². The maximum Gasteiger partial charge on any atom is 0.338 e. The summed E-state index contributed by atoms with van der Waals surface area (Å²) in [6.07, 6.45) is -13.6. The topological polar surface area (TPSA) is 212 Å². The molecular formula is C31H37BrO17. The number of hydrogen-bond acceptors (Lipinski definition) is 17. The first-order valence-corrected chi connectivity index (χ1v) is 15.8. The average Bonchev–Trinajstić information content (AvgIpc) is 3.00. The number of hydrogen-bond donors (Lipinski definition) is 0. The van der Waals surface area contributed by atoms with E-state index in [9.17, 15) is 33.6 Å². The van der Waals surface area contributed by atoms with Gasteiger partial charge < -0.3 is 47.4 Å². The van der Waals surface area contributed by atoms with Crippen LogP contribution in [0.2, 0.25) is 0 Å². The highest BCUT2D eigenvalue weighted by Gasteiger charge is 2.57. The molecule has 0 aliphatic carbocycles. The Labute approximate surface area is 289 Å². The zero-order chi connectivity index (χ0) is 36.4. The molecule has 0 saturated carbocycles. The largest absolute Gasteiger partial charge is 0.463 e. The van der Waals surface area contributed by atoms with E-state index in [1.165, 1.54) is 12.1 Å². The Morgan fingerprint density at radius 2 is 1.00 bits per heavy atom. The smallest absolute Gasteiger partial charge is 0.338 e. The van der Waals surface area contributed by atoms with E-state index in [1.54, 1.807) is 18.2 Å². The minimum absolute atomic E-state index is 0.138. The molecule has 2 aliphatic rings. The Morgan fingerprint density at radius 3 is 1.49 bits per heavy atom. The highest BCUT2D eigenvalue weighted by atomic mass is 79.9. The molecule has 3 rings (SSSR count).